The van der Waals surface area contributed by atoms with Crippen LogP contribution in [0.5, 0.6) is 5.75 Å². The van der Waals surface area contributed by atoms with Gasteiger partial charge in [0, 0.05) is 31.9 Å². The van der Waals surface area contributed by atoms with Crippen LogP contribution in [0.25, 0.3) is 0 Å². The third-order valence-electron chi connectivity index (χ3n) is 2.86. The fourth-order valence-electron chi connectivity index (χ4n) is 1.92. The topological polar surface area (TPSA) is 36.9 Å². The normalized spacial score (nSPS) is 11.7. The molecule has 0 fully saturated rings. The molecule has 1 aromatic rings. The molecule has 18 heavy (non-hydrogen) atoms. The Morgan fingerprint density at radius 2 is 1.61 bits per heavy atom. The summed E-state index contributed by atoms with van der Waals surface area (Å²) in [5.74, 6) is -0.375. The third kappa shape index (κ3) is 3.14. The van der Waals surface area contributed by atoms with Crippen LogP contribution in [-0.2, 0) is 20.6 Å². The second kappa shape index (κ2) is 6.38. The van der Waals surface area contributed by atoms with Crippen molar-refractivity contribution in [2.24, 2.45) is 0 Å². The highest BCUT2D eigenvalue weighted by molar-refractivity contribution is 6.30. The summed E-state index contributed by atoms with van der Waals surface area (Å²) in [7, 11) is 6.19. The van der Waals surface area contributed by atoms with Gasteiger partial charge in [-0.3, -0.25) is 0 Å². The zero-order valence-corrected chi connectivity index (χ0v) is 12.1. The van der Waals surface area contributed by atoms with E-state index in [0.29, 0.717) is 11.4 Å². The van der Waals surface area contributed by atoms with Gasteiger partial charge in [0.15, 0.2) is 0 Å². The molecule has 0 aliphatic carbocycles. The van der Waals surface area contributed by atoms with Gasteiger partial charge in [-0.05, 0) is 24.6 Å². The van der Waals surface area contributed by atoms with Gasteiger partial charge in [0.2, 0.25) is 0 Å². The molecule has 1 aromatic carbocycles. The minimum atomic E-state index is -1.13. The summed E-state index contributed by atoms with van der Waals surface area (Å²) in [6.07, 6.45) is 0.376. The molecule has 4 nitrogen and oxygen atoms in total. The number of benzene rings is 1. The molecule has 0 aromatic heterocycles. The van der Waals surface area contributed by atoms with Crippen molar-refractivity contribution in [3.63, 3.8) is 0 Å². The van der Waals surface area contributed by atoms with E-state index in [4.69, 9.17) is 30.5 Å². The molecule has 0 aliphatic rings. The summed E-state index contributed by atoms with van der Waals surface area (Å²) < 4.78 is 21.2. The Balaban J connectivity index is 3.16. The standard InChI is InChI=1S/C13H19ClO4/c1-9-6-11(14)7-10(12(9)15-2)8-13(16-3,17-4)18-5/h6-7H,8H2,1-5H3. The Hall–Kier alpha value is -0.810. The van der Waals surface area contributed by atoms with Gasteiger partial charge in [-0.2, -0.15) is 0 Å². The second-order valence-electron chi connectivity index (χ2n) is 3.89. The largest absolute Gasteiger partial charge is 0.496 e. The van der Waals surface area contributed by atoms with Crippen LogP contribution >= 0.6 is 11.6 Å². The number of rotatable bonds is 6. The van der Waals surface area contributed by atoms with Crippen molar-refractivity contribution in [2.75, 3.05) is 28.4 Å². The Bertz CT molecular complexity index is 394. The maximum Gasteiger partial charge on any atom is 0.286 e. The van der Waals surface area contributed by atoms with E-state index in [1.165, 1.54) is 21.3 Å². The fourth-order valence-corrected chi connectivity index (χ4v) is 2.22. The summed E-state index contributed by atoms with van der Waals surface area (Å²) in [4.78, 5) is 0. The molecule has 102 valence electrons. The second-order valence-corrected chi connectivity index (χ2v) is 4.32. The van der Waals surface area contributed by atoms with Gasteiger partial charge in [-0.15, -0.1) is 0 Å². The number of ether oxygens (including phenoxy) is 4. The quantitative estimate of drug-likeness (QED) is 0.748. The van der Waals surface area contributed by atoms with Crippen molar-refractivity contribution in [1.82, 2.24) is 0 Å². The number of hydrogen-bond acceptors (Lipinski definition) is 4. The lowest BCUT2D eigenvalue weighted by Gasteiger charge is -2.29. The zero-order valence-electron chi connectivity index (χ0n) is 11.4. The summed E-state index contributed by atoms with van der Waals surface area (Å²) in [6.45, 7) is 1.93. The monoisotopic (exact) mass is 274 g/mol. The Morgan fingerprint density at radius 3 is 2.06 bits per heavy atom. The fraction of sp³-hybridized carbons (Fsp3) is 0.538. The lowest BCUT2D eigenvalue weighted by Crippen LogP contribution is -2.38. The van der Waals surface area contributed by atoms with Gasteiger partial charge in [-0.25, -0.2) is 0 Å². The first-order chi connectivity index (χ1) is 8.51. The average molecular weight is 275 g/mol. The summed E-state index contributed by atoms with van der Waals surface area (Å²) in [5, 5.41) is 0.639. The van der Waals surface area contributed by atoms with Crippen LogP contribution in [-0.4, -0.2) is 34.4 Å². The molecule has 0 aliphatic heterocycles. The molecule has 0 unspecified atom stereocenters. The summed E-state index contributed by atoms with van der Waals surface area (Å²) in [6, 6.07) is 3.66. The molecular formula is C13H19ClO4. The Morgan fingerprint density at radius 1 is 1.06 bits per heavy atom. The predicted molar refractivity (Wildman–Crippen MR) is 70.2 cm³/mol. The van der Waals surface area contributed by atoms with E-state index in [1.807, 2.05) is 19.1 Å². The van der Waals surface area contributed by atoms with E-state index in [1.54, 1.807) is 7.11 Å². The highest BCUT2D eigenvalue weighted by atomic mass is 35.5. The van der Waals surface area contributed by atoms with Crippen LogP contribution < -0.4 is 4.74 Å². The van der Waals surface area contributed by atoms with E-state index < -0.39 is 5.97 Å². The van der Waals surface area contributed by atoms with Crippen molar-refractivity contribution in [1.29, 1.82) is 0 Å². The SMILES string of the molecule is COc1c(C)cc(Cl)cc1CC(OC)(OC)OC. The molecule has 0 N–H and O–H groups in total. The first-order valence-electron chi connectivity index (χ1n) is 5.50. The van der Waals surface area contributed by atoms with Gasteiger partial charge in [0.05, 0.1) is 13.5 Å². The molecule has 0 bridgehead atoms. The lowest BCUT2D eigenvalue weighted by molar-refractivity contribution is -0.351. The van der Waals surface area contributed by atoms with Crippen molar-refractivity contribution in [2.45, 2.75) is 19.3 Å². The van der Waals surface area contributed by atoms with Crippen LogP contribution in [0, 0.1) is 6.92 Å². The first kappa shape index (κ1) is 15.2. The molecule has 0 spiro atoms. The van der Waals surface area contributed by atoms with Crippen LogP contribution in [0.1, 0.15) is 11.1 Å². The minimum absolute atomic E-state index is 0.376. The van der Waals surface area contributed by atoms with E-state index in [-0.39, 0.29) is 0 Å². The van der Waals surface area contributed by atoms with Crippen molar-refractivity contribution < 1.29 is 18.9 Å². The van der Waals surface area contributed by atoms with Crippen LogP contribution in [0.2, 0.25) is 5.02 Å². The molecule has 1 rings (SSSR count). The van der Waals surface area contributed by atoms with Crippen LogP contribution in [0.3, 0.4) is 0 Å². The van der Waals surface area contributed by atoms with Crippen molar-refractivity contribution in [3.8, 4) is 5.75 Å². The highest BCUT2D eigenvalue weighted by Gasteiger charge is 2.31. The van der Waals surface area contributed by atoms with E-state index in [2.05, 4.69) is 0 Å². The first-order valence-corrected chi connectivity index (χ1v) is 5.88. The Labute approximate surface area is 113 Å². The molecule has 0 saturated heterocycles. The molecule has 0 atom stereocenters. The van der Waals surface area contributed by atoms with Gasteiger partial charge in [0.25, 0.3) is 5.97 Å². The summed E-state index contributed by atoms with van der Waals surface area (Å²) >= 11 is 6.06. The van der Waals surface area contributed by atoms with E-state index >= 15 is 0 Å². The molecule has 0 heterocycles. The maximum absolute atomic E-state index is 6.06. The molecule has 0 amide bonds. The van der Waals surface area contributed by atoms with Gasteiger partial charge >= 0.3 is 0 Å². The van der Waals surface area contributed by atoms with Crippen molar-refractivity contribution >= 4 is 11.6 Å². The molecular weight excluding hydrogens is 256 g/mol. The maximum atomic E-state index is 6.06. The number of hydrogen-bond donors (Lipinski definition) is 0. The lowest BCUT2D eigenvalue weighted by atomic mass is 10.1. The van der Waals surface area contributed by atoms with E-state index in [0.717, 1.165) is 16.9 Å². The van der Waals surface area contributed by atoms with Crippen molar-refractivity contribution in [3.05, 3.63) is 28.3 Å². The molecule has 5 heteroatoms. The molecule has 0 radical (unpaired) electrons. The Kier molecular flexibility index (Phi) is 5.41. The third-order valence-corrected chi connectivity index (χ3v) is 3.08. The van der Waals surface area contributed by atoms with Crippen LogP contribution in [0.15, 0.2) is 12.1 Å². The van der Waals surface area contributed by atoms with Crippen LogP contribution in [0.4, 0.5) is 0 Å². The van der Waals surface area contributed by atoms with E-state index in [9.17, 15) is 0 Å². The number of methoxy groups -OCH3 is 4. The zero-order chi connectivity index (χ0) is 13.8. The van der Waals surface area contributed by atoms with Gasteiger partial charge < -0.3 is 18.9 Å². The number of halogens is 1. The van der Waals surface area contributed by atoms with Gasteiger partial charge in [0.1, 0.15) is 5.75 Å². The smallest absolute Gasteiger partial charge is 0.286 e. The average Bonchev–Trinajstić information content (AvgIpc) is 2.35. The molecule has 0 saturated carbocycles. The summed E-state index contributed by atoms with van der Waals surface area (Å²) in [5.41, 5.74) is 1.82. The predicted octanol–water partition coefficient (Wildman–Crippen LogP) is 2.79. The number of aryl methyl sites for hydroxylation is 1. The van der Waals surface area contributed by atoms with Gasteiger partial charge in [-0.1, -0.05) is 11.6 Å². The highest BCUT2D eigenvalue weighted by Crippen LogP contribution is 2.31. The minimum Gasteiger partial charge on any atom is -0.496 e.